The molecule has 132 valence electrons. The summed E-state index contributed by atoms with van der Waals surface area (Å²) in [6, 6.07) is 9.38. The lowest BCUT2D eigenvalue weighted by atomic mass is 10.2. The molecular formula is C17H19N3O3S2. The molecule has 6 nitrogen and oxygen atoms in total. The van der Waals surface area contributed by atoms with Crippen molar-refractivity contribution in [1.82, 2.24) is 14.2 Å². The highest BCUT2D eigenvalue weighted by atomic mass is 32.2. The Hall–Kier alpha value is -1.74. The van der Waals surface area contributed by atoms with E-state index in [-0.39, 0.29) is 0 Å². The van der Waals surface area contributed by atoms with E-state index in [1.165, 1.54) is 11.3 Å². The standard InChI is InChI=1S/C17H19N3O3S2/c1-13-4-5-15-14(11-13)18-16(23-15)12-19-6-8-20(9-7-19)25(21,22)17-3-2-10-24-17/h2-5,10-11H,6-9,12H2,1H3. The first kappa shape index (κ1) is 16.7. The summed E-state index contributed by atoms with van der Waals surface area (Å²) in [7, 11) is -3.35. The maximum absolute atomic E-state index is 12.5. The summed E-state index contributed by atoms with van der Waals surface area (Å²) in [6.07, 6.45) is 0. The zero-order chi connectivity index (χ0) is 17.4. The van der Waals surface area contributed by atoms with E-state index < -0.39 is 10.0 Å². The third-order valence-electron chi connectivity index (χ3n) is 4.37. The molecule has 0 N–H and O–H groups in total. The second-order valence-corrected chi connectivity index (χ2v) is 9.30. The normalized spacial score (nSPS) is 17.3. The van der Waals surface area contributed by atoms with Crippen LogP contribution in [0.1, 0.15) is 11.5 Å². The minimum absolute atomic E-state index is 0.412. The van der Waals surface area contributed by atoms with E-state index in [0.29, 0.717) is 42.8 Å². The maximum Gasteiger partial charge on any atom is 0.252 e. The Balaban J connectivity index is 1.41. The number of rotatable bonds is 4. The number of fused-ring (bicyclic) bond motifs is 1. The van der Waals surface area contributed by atoms with Crippen molar-refractivity contribution in [1.29, 1.82) is 0 Å². The number of nitrogens with zero attached hydrogens (tertiary/aromatic N) is 3. The number of hydrogen-bond acceptors (Lipinski definition) is 6. The SMILES string of the molecule is Cc1ccc2oc(CN3CCN(S(=O)(=O)c4cccs4)CC3)nc2c1. The largest absolute Gasteiger partial charge is 0.439 e. The van der Waals surface area contributed by atoms with Crippen molar-refractivity contribution in [2.75, 3.05) is 26.2 Å². The fourth-order valence-electron chi connectivity index (χ4n) is 3.01. The highest BCUT2D eigenvalue weighted by Gasteiger charge is 2.29. The molecule has 0 aliphatic carbocycles. The zero-order valence-corrected chi connectivity index (χ0v) is 15.5. The van der Waals surface area contributed by atoms with Crippen LogP contribution in [0.4, 0.5) is 0 Å². The fraction of sp³-hybridized carbons (Fsp3) is 0.353. The van der Waals surface area contributed by atoms with Crippen LogP contribution in [0.15, 0.2) is 44.3 Å². The van der Waals surface area contributed by atoms with Gasteiger partial charge in [0.05, 0.1) is 6.54 Å². The lowest BCUT2D eigenvalue weighted by Crippen LogP contribution is -2.48. The van der Waals surface area contributed by atoms with E-state index in [9.17, 15) is 8.42 Å². The molecule has 0 amide bonds. The molecule has 0 unspecified atom stereocenters. The Morgan fingerprint density at radius 1 is 1.20 bits per heavy atom. The van der Waals surface area contributed by atoms with Crippen molar-refractivity contribution in [2.45, 2.75) is 17.7 Å². The number of aromatic nitrogens is 1. The average molecular weight is 377 g/mol. The summed E-state index contributed by atoms with van der Waals surface area (Å²) >= 11 is 1.26. The summed E-state index contributed by atoms with van der Waals surface area (Å²) in [5.74, 6) is 0.676. The lowest BCUT2D eigenvalue weighted by molar-refractivity contribution is 0.169. The average Bonchev–Trinajstić information content (AvgIpc) is 3.24. The van der Waals surface area contributed by atoms with Gasteiger partial charge in [-0.15, -0.1) is 11.3 Å². The van der Waals surface area contributed by atoms with Crippen molar-refractivity contribution in [3.8, 4) is 0 Å². The van der Waals surface area contributed by atoms with Gasteiger partial charge in [-0.25, -0.2) is 13.4 Å². The number of sulfonamides is 1. The Kier molecular flexibility index (Phi) is 4.36. The van der Waals surface area contributed by atoms with Crippen LogP contribution in [0.2, 0.25) is 0 Å². The summed E-state index contributed by atoms with van der Waals surface area (Å²) in [5.41, 5.74) is 2.81. The summed E-state index contributed by atoms with van der Waals surface area (Å²) in [5, 5.41) is 1.79. The van der Waals surface area contributed by atoms with Gasteiger partial charge in [0.15, 0.2) is 5.58 Å². The molecule has 4 rings (SSSR count). The Morgan fingerprint density at radius 3 is 2.72 bits per heavy atom. The maximum atomic E-state index is 12.5. The van der Waals surface area contributed by atoms with Crippen LogP contribution in [0.5, 0.6) is 0 Å². The van der Waals surface area contributed by atoms with Crippen LogP contribution in [-0.2, 0) is 16.6 Å². The van der Waals surface area contributed by atoms with Gasteiger partial charge in [-0.05, 0) is 36.1 Å². The van der Waals surface area contributed by atoms with Crippen LogP contribution < -0.4 is 0 Å². The quantitative estimate of drug-likeness (QED) is 0.699. The van der Waals surface area contributed by atoms with Gasteiger partial charge in [-0.2, -0.15) is 4.31 Å². The molecule has 25 heavy (non-hydrogen) atoms. The number of piperazine rings is 1. The van der Waals surface area contributed by atoms with E-state index in [4.69, 9.17) is 4.42 Å². The monoisotopic (exact) mass is 377 g/mol. The van der Waals surface area contributed by atoms with E-state index in [1.807, 2.05) is 25.1 Å². The van der Waals surface area contributed by atoms with Crippen molar-refractivity contribution in [3.63, 3.8) is 0 Å². The molecule has 0 radical (unpaired) electrons. The van der Waals surface area contributed by atoms with E-state index in [0.717, 1.165) is 16.7 Å². The van der Waals surface area contributed by atoms with Crippen LogP contribution in [0.3, 0.4) is 0 Å². The second kappa shape index (κ2) is 6.53. The topological polar surface area (TPSA) is 66.7 Å². The summed E-state index contributed by atoms with van der Waals surface area (Å²) < 4.78 is 32.9. The van der Waals surface area contributed by atoms with E-state index in [1.54, 1.807) is 21.8 Å². The van der Waals surface area contributed by atoms with Gasteiger partial charge >= 0.3 is 0 Å². The summed E-state index contributed by atoms with van der Waals surface area (Å²) in [4.78, 5) is 6.72. The molecule has 0 spiro atoms. The predicted molar refractivity (Wildman–Crippen MR) is 97.1 cm³/mol. The van der Waals surface area contributed by atoms with Gasteiger partial charge in [0, 0.05) is 26.2 Å². The molecule has 1 saturated heterocycles. The van der Waals surface area contributed by atoms with Crippen LogP contribution in [0, 0.1) is 6.92 Å². The molecule has 0 saturated carbocycles. The molecule has 1 aliphatic rings. The number of hydrogen-bond donors (Lipinski definition) is 0. The van der Waals surface area contributed by atoms with Crippen molar-refractivity contribution in [3.05, 3.63) is 47.2 Å². The number of thiophene rings is 1. The minimum atomic E-state index is -3.35. The first-order chi connectivity index (χ1) is 12.0. The third-order valence-corrected chi connectivity index (χ3v) is 7.64. The molecular weight excluding hydrogens is 358 g/mol. The molecule has 3 aromatic rings. The molecule has 0 atom stereocenters. The fourth-order valence-corrected chi connectivity index (χ4v) is 5.58. The first-order valence-corrected chi connectivity index (χ1v) is 10.5. The molecule has 0 bridgehead atoms. The first-order valence-electron chi connectivity index (χ1n) is 8.14. The third kappa shape index (κ3) is 3.35. The van der Waals surface area contributed by atoms with Gasteiger partial charge in [-0.3, -0.25) is 4.90 Å². The molecule has 3 heterocycles. The minimum Gasteiger partial charge on any atom is -0.439 e. The molecule has 1 aliphatic heterocycles. The van der Waals surface area contributed by atoms with Crippen molar-refractivity contribution in [2.24, 2.45) is 0 Å². The van der Waals surface area contributed by atoms with Crippen molar-refractivity contribution >= 4 is 32.5 Å². The number of benzene rings is 1. The van der Waals surface area contributed by atoms with Gasteiger partial charge < -0.3 is 4.42 Å². The Bertz CT molecular complexity index is 972. The summed E-state index contributed by atoms with van der Waals surface area (Å²) in [6.45, 7) is 4.94. The van der Waals surface area contributed by atoms with Gasteiger partial charge in [-0.1, -0.05) is 12.1 Å². The molecule has 1 aromatic carbocycles. The Morgan fingerprint density at radius 2 is 2.00 bits per heavy atom. The van der Waals surface area contributed by atoms with Gasteiger partial charge in [0.1, 0.15) is 9.73 Å². The zero-order valence-electron chi connectivity index (χ0n) is 13.9. The van der Waals surface area contributed by atoms with Crippen molar-refractivity contribution < 1.29 is 12.8 Å². The molecule has 8 heteroatoms. The van der Waals surface area contributed by atoms with Crippen LogP contribution in [0.25, 0.3) is 11.1 Å². The number of aryl methyl sites for hydroxylation is 1. The molecule has 1 fully saturated rings. The smallest absolute Gasteiger partial charge is 0.252 e. The highest BCUT2D eigenvalue weighted by molar-refractivity contribution is 7.91. The van der Waals surface area contributed by atoms with E-state index >= 15 is 0 Å². The second-order valence-electron chi connectivity index (χ2n) is 6.19. The van der Waals surface area contributed by atoms with E-state index in [2.05, 4.69) is 9.88 Å². The molecule has 2 aromatic heterocycles. The Labute approximate surface area is 150 Å². The van der Waals surface area contributed by atoms with Crippen LogP contribution in [-0.4, -0.2) is 48.8 Å². The van der Waals surface area contributed by atoms with Gasteiger partial charge in [0.2, 0.25) is 5.89 Å². The van der Waals surface area contributed by atoms with Gasteiger partial charge in [0.25, 0.3) is 10.0 Å². The van der Waals surface area contributed by atoms with Crippen LogP contribution >= 0.6 is 11.3 Å². The lowest BCUT2D eigenvalue weighted by Gasteiger charge is -2.32. The highest BCUT2D eigenvalue weighted by Crippen LogP contribution is 2.23. The predicted octanol–water partition coefficient (Wildman–Crippen LogP) is 2.70. The number of oxazole rings is 1.